The Hall–Kier alpha value is -1.54. The van der Waals surface area contributed by atoms with Crippen LogP contribution >= 0.6 is 11.3 Å². The molecule has 0 fully saturated rings. The second kappa shape index (κ2) is 4.32. The number of benzene rings is 1. The molecule has 15 heavy (non-hydrogen) atoms. The van der Waals surface area contributed by atoms with Crippen LogP contribution in [0, 0.1) is 0 Å². The van der Waals surface area contributed by atoms with E-state index < -0.39 is 0 Å². The molecule has 0 aliphatic carbocycles. The third-order valence-electron chi connectivity index (χ3n) is 2.31. The molecule has 1 heterocycles. The zero-order valence-electron chi connectivity index (χ0n) is 8.57. The van der Waals surface area contributed by atoms with Crippen molar-refractivity contribution in [3.63, 3.8) is 0 Å². The number of hydrogen-bond donors (Lipinski definition) is 0. The van der Waals surface area contributed by atoms with Crippen LogP contribution in [0.15, 0.2) is 47.7 Å². The summed E-state index contributed by atoms with van der Waals surface area (Å²) in [7, 11) is 1.67. The van der Waals surface area contributed by atoms with Gasteiger partial charge in [0.2, 0.25) is 0 Å². The molecule has 2 aromatic rings. The summed E-state index contributed by atoms with van der Waals surface area (Å²) in [5.41, 5.74) is 3.37. The van der Waals surface area contributed by atoms with Gasteiger partial charge in [-0.1, -0.05) is 18.7 Å². The zero-order valence-corrected chi connectivity index (χ0v) is 9.38. The highest BCUT2D eigenvalue weighted by Gasteiger charge is 2.02. The Balaban J connectivity index is 2.27. The maximum atomic E-state index is 5.11. The van der Waals surface area contributed by atoms with Crippen molar-refractivity contribution in [1.29, 1.82) is 0 Å². The molecule has 0 bridgehead atoms. The minimum atomic E-state index is 0.872. The van der Waals surface area contributed by atoms with Crippen molar-refractivity contribution in [2.24, 2.45) is 0 Å². The average Bonchev–Trinajstić information content (AvgIpc) is 2.82. The van der Waals surface area contributed by atoms with Crippen LogP contribution in [0.25, 0.3) is 5.57 Å². The van der Waals surface area contributed by atoms with Crippen molar-refractivity contribution in [2.75, 3.05) is 7.11 Å². The maximum Gasteiger partial charge on any atom is 0.118 e. The first-order valence-electron chi connectivity index (χ1n) is 4.67. The molecular formula is C13H12OS. The SMILES string of the molecule is C=C(c1ccc(OC)cc1)c1ccsc1. The molecule has 76 valence electrons. The highest BCUT2D eigenvalue weighted by Crippen LogP contribution is 2.24. The molecule has 1 nitrogen and oxygen atoms in total. The maximum absolute atomic E-state index is 5.11. The lowest BCUT2D eigenvalue weighted by molar-refractivity contribution is 0.415. The van der Waals surface area contributed by atoms with Gasteiger partial charge in [-0.2, -0.15) is 11.3 Å². The highest BCUT2D eigenvalue weighted by atomic mass is 32.1. The Bertz CT molecular complexity index is 440. The van der Waals surface area contributed by atoms with E-state index in [1.54, 1.807) is 18.4 Å². The van der Waals surface area contributed by atoms with E-state index in [0.717, 1.165) is 16.9 Å². The fourth-order valence-electron chi connectivity index (χ4n) is 1.40. The van der Waals surface area contributed by atoms with Crippen molar-refractivity contribution >= 4 is 16.9 Å². The number of thiophene rings is 1. The topological polar surface area (TPSA) is 9.23 Å². The van der Waals surface area contributed by atoms with E-state index in [1.807, 2.05) is 24.3 Å². The molecule has 0 saturated heterocycles. The molecule has 0 aliphatic rings. The van der Waals surface area contributed by atoms with Gasteiger partial charge in [0.15, 0.2) is 0 Å². The van der Waals surface area contributed by atoms with Crippen LogP contribution in [0.5, 0.6) is 5.75 Å². The van der Waals surface area contributed by atoms with Gasteiger partial charge in [0.25, 0.3) is 0 Å². The van der Waals surface area contributed by atoms with E-state index in [2.05, 4.69) is 23.4 Å². The van der Waals surface area contributed by atoms with Crippen molar-refractivity contribution in [1.82, 2.24) is 0 Å². The summed E-state index contributed by atoms with van der Waals surface area (Å²) < 4.78 is 5.11. The van der Waals surface area contributed by atoms with E-state index in [-0.39, 0.29) is 0 Å². The van der Waals surface area contributed by atoms with E-state index in [1.165, 1.54) is 5.56 Å². The van der Waals surface area contributed by atoms with Crippen LogP contribution in [0.1, 0.15) is 11.1 Å². The summed E-state index contributed by atoms with van der Waals surface area (Å²) in [4.78, 5) is 0. The first kappa shape index (κ1) is 9.99. The molecule has 1 aromatic heterocycles. The van der Waals surface area contributed by atoms with Gasteiger partial charge in [-0.3, -0.25) is 0 Å². The molecule has 0 spiro atoms. The second-order valence-electron chi connectivity index (χ2n) is 3.22. The fraction of sp³-hybridized carbons (Fsp3) is 0.0769. The van der Waals surface area contributed by atoms with Gasteiger partial charge in [0.1, 0.15) is 5.75 Å². The molecule has 0 saturated carbocycles. The summed E-state index contributed by atoms with van der Waals surface area (Å²) in [6, 6.07) is 10.0. The quantitative estimate of drug-likeness (QED) is 0.758. The monoisotopic (exact) mass is 216 g/mol. The zero-order chi connectivity index (χ0) is 10.7. The molecule has 2 heteroatoms. The Kier molecular flexibility index (Phi) is 2.88. The number of methoxy groups -OCH3 is 1. The Morgan fingerprint density at radius 3 is 2.40 bits per heavy atom. The van der Waals surface area contributed by atoms with Gasteiger partial charge >= 0.3 is 0 Å². The summed E-state index contributed by atoms with van der Waals surface area (Å²) in [6.07, 6.45) is 0. The van der Waals surface area contributed by atoms with Crippen molar-refractivity contribution in [3.05, 3.63) is 58.8 Å². The second-order valence-corrected chi connectivity index (χ2v) is 4.00. The summed E-state index contributed by atoms with van der Waals surface area (Å²) in [6.45, 7) is 4.09. The molecule has 0 amide bonds. The summed E-state index contributed by atoms with van der Waals surface area (Å²) >= 11 is 1.68. The van der Waals surface area contributed by atoms with Crippen LogP contribution in [-0.2, 0) is 0 Å². The molecule has 2 rings (SSSR count). The molecule has 1 aromatic carbocycles. The van der Waals surface area contributed by atoms with E-state index in [4.69, 9.17) is 4.74 Å². The predicted molar refractivity (Wildman–Crippen MR) is 65.4 cm³/mol. The van der Waals surface area contributed by atoms with Gasteiger partial charge in [-0.05, 0) is 45.7 Å². The van der Waals surface area contributed by atoms with Crippen molar-refractivity contribution < 1.29 is 4.74 Å². The number of rotatable bonds is 3. The van der Waals surface area contributed by atoms with Gasteiger partial charge in [-0.25, -0.2) is 0 Å². The minimum Gasteiger partial charge on any atom is -0.497 e. The third kappa shape index (κ3) is 2.10. The Morgan fingerprint density at radius 2 is 1.87 bits per heavy atom. The molecule has 0 radical (unpaired) electrons. The van der Waals surface area contributed by atoms with Crippen LogP contribution in [-0.4, -0.2) is 7.11 Å². The number of hydrogen-bond acceptors (Lipinski definition) is 2. The first-order chi connectivity index (χ1) is 7.31. The molecule has 0 N–H and O–H groups in total. The van der Waals surface area contributed by atoms with Crippen LogP contribution in [0.4, 0.5) is 0 Å². The van der Waals surface area contributed by atoms with Gasteiger partial charge < -0.3 is 4.74 Å². The fourth-order valence-corrected chi connectivity index (χ4v) is 2.07. The van der Waals surface area contributed by atoms with E-state index in [0.29, 0.717) is 0 Å². The lowest BCUT2D eigenvalue weighted by atomic mass is 10.0. The molecule has 0 aliphatic heterocycles. The highest BCUT2D eigenvalue weighted by molar-refractivity contribution is 7.08. The normalized spacial score (nSPS) is 9.93. The van der Waals surface area contributed by atoms with E-state index in [9.17, 15) is 0 Å². The minimum absolute atomic E-state index is 0.872. The lowest BCUT2D eigenvalue weighted by Crippen LogP contribution is -1.85. The van der Waals surface area contributed by atoms with Crippen LogP contribution in [0.3, 0.4) is 0 Å². The first-order valence-corrected chi connectivity index (χ1v) is 5.61. The lowest BCUT2D eigenvalue weighted by Gasteiger charge is -2.05. The smallest absolute Gasteiger partial charge is 0.118 e. The van der Waals surface area contributed by atoms with Crippen molar-refractivity contribution in [2.45, 2.75) is 0 Å². The van der Waals surface area contributed by atoms with Gasteiger partial charge in [0.05, 0.1) is 7.11 Å². The predicted octanol–water partition coefficient (Wildman–Crippen LogP) is 3.82. The van der Waals surface area contributed by atoms with Gasteiger partial charge in [0, 0.05) is 0 Å². The van der Waals surface area contributed by atoms with Crippen LogP contribution < -0.4 is 4.74 Å². The summed E-state index contributed by atoms with van der Waals surface area (Å²) in [5, 5.41) is 4.16. The largest absolute Gasteiger partial charge is 0.497 e. The average molecular weight is 216 g/mol. The molecular weight excluding hydrogens is 204 g/mol. The van der Waals surface area contributed by atoms with Crippen LogP contribution in [0.2, 0.25) is 0 Å². The van der Waals surface area contributed by atoms with Gasteiger partial charge in [-0.15, -0.1) is 0 Å². The van der Waals surface area contributed by atoms with Crippen molar-refractivity contribution in [3.8, 4) is 5.75 Å². The Labute approximate surface area is 93.6 Å². The third-order valence-corrected chi connectivity index (χ3v) is 2.99. The van der Waals surface area contributed by atoms with E-state index >= 15 is 0 Å². The number of ether oxygens (including phenoxy) is 1. The standard InChI is InChI=1S/C13H12OS/c1-10(12-7-8-15-9-12)11-3-5-13(14-2)6-4-11/h3-9H,1H2,2H3. The summed E-state index contributed by atoms with van der Waals surface area (Å²) in [5.74, 6) is 0.872. The molecule has 0 atom stereocenters. The molecule has 0 unspecified atom stereocenters. The Morgan fingerprint density at radius 1 is 1.13 bits per heavy atom.